The van der Waals surface area contributed by atoms with E-state index in [1.54, 1.807) is 17.0 Å². The number of ether oxygens (including phenoxy) is 3. The normalized spacial score (nSPS) is 13.9. The SMILES string of the molecule is COc1cc2ncnc(N(N)c3ccc(F)c(Cl)c3)c2cc1OCCCN1CCOCC1=O. The Labute approximate surface area is 194 Å². The van der Waals surface area contributed by atoms with Gasteiger partial charge in [-0.15, -0.1) is 0 Å². The Bertz CT molecular complexity index is 1170. The maximum absolute atomic E-state index is 13.6. The summed E-state index contributed by atoms with van der Waals surface area (Å²) in [6.45, 7) is 2.20. The number of aromatic nitrogens is 2. The number of rotatable bonds is 8. The van der Waals surface area contributed by atoms with E-state index in [-0.39, 0.29) is 17.5 Å². The molecule has 174 valence electrons. The van der Waals surface area contributed by atoms with Gasteiger partial charge in [-0.3, -0.25) is 9.80 Å². The number of benzene rings is 2. The fourth-order valence-electron chi connectivity index (χ4n) is 3.50. The highest BCUT2D eigenvalue weighted by atomic mass is 35.5. The second kappa shape index (κ2) is 10.2. The van der Waals surface area contributed by atoms with Gasteiger partial charge in [-0.25, -0.2) is 20.2 Å². The van der Waals surface area contributed by atoms with Crippen molar-refractivity contribution in [2.75, 3.05) is 45.0 Å². The molecule has 0 bridgehead atoms. The average molecular weight is 476 g/mol. The maximum atomic E-state index is 13.6. The third-order valence-electron chi connectivity index (χ3n) is 5.22. The van der Waals surface area contributed by atoms with Gasteiger partial charge in [-0.1, -0.05) is 11.6 Å². The Morgan fingerprint density at radius 3 is 2.88 bits per heavy atom. The monoisotopic (exact) mass is 475 g/mol. The lowest BCUT2D eigenvalue weighted by Gasteiger charge is -2.26. The number of nitrogens with two attached hydrogens (primary N) is 1. The Kier molecular flexibility index (Phi) is 7.07. The van der Waals surface area contributed by atoms with Crippen molar-refractivity contribution in [1.82, 2.24) is 14.9 Å². The molecule has 1 fully saturated rings. The van der Waals surface area contributed by atoms with Crippen molar-refractivity contribution >= 4 is 39.9 Å². The van der Waals surface area contributed by atoms with Gasteiger partial charge >= 0.3 is 0 Å². The Balaban J connectivity index is 1.55. The predicted octanol–water partition coefficient (Wildman–Crippen LogP) is 3.07. The average Bonchev–Trinajstić information content (AvgIpc) is 2.83. The van der Waals surface area contributed by atoms with Crippen LogP contribution in [0, 0.1) is 5.82 Å². The zero-order valence-corrected chi connectivity index (χ0v) is 18.7. The van der Waals surface area contributed by atoms with E-state index in [0.29, 0.717) is 66.6 Å². The van der Waals surface area contributed by atoms with Gasteiger partial charge < -0.3 is 19.1 Å². The van der Waals surface area contributed by atoms with Crippen molar-refractivity contribution in [2.45, 2.75) is 6.42 Å². The molecule has 3 aromatic rings. The molecule has 1 aliphatic rings. The molecule has 2 N–H and O–H groups in total. The number of anilines is 2. The molecule has 1 amide bonds. The van der Waals surface area contributed by atoms with Crippen molar-refractivity contribution in [3.05, 3.63) is 47.5 Å². The van der Waals surface area contributed by atoms with Crippen LogP contribution in [-0.4, -0.2) is 60.8 Å². The summed E-state index contributed by atoms with van der Waals surface area (Å²) in [6, 6.07) is 7.63. The first kappa shape index (κ1) is 23.0. The minimum absolute atomic E-state index is 0.0183. The molecule has 4 rings (SSSR count). The van der Waals surface area contributed by atoms with Crippen LogP contribution < -0.4 is 20.3 Å². The van der Waals surface area contributed by atoms with Crippen LogP contribution in [0.1, 0.15) is 6.42 Å². The number of morpholine rings is 1. The summed E-state index contributed by atoms with van der Waals surface area (Å²) in [6.07, 6.45) is 2.02. The van der Waals surface area contributed by atoms with Crippen molar-refractivity contribution in [3.63, 3.8) is 0 Å². The van der Waals surface area contributed by atoms with Crippen molar-refractivity contribution in [1.29, 1.82) is 0 Å². The van der Waals surface area contributed by atoms with Crippen molar-refractivity contribution < 1.29 is 23.4 Å². The van der Waals surface area contributed by atoms with Gasteiger partial charge in [0.05, 0.1) is 36.6 Å². The number of nitrogens with zero attached hydrogens (tertiary/aromatic N) is 4. The number of hydrazine groups is 1. The second-order valence-corrected chi connectivity index (χ2v) is 7.73. The fraction of sp³-hybridized carbons (Fsp3) is 0.318. The Morgan fingerprint density at radius 1 is 1.27 bits per heavy atom. The summed E-state index contributed by atoms with van der Waals surface area (Å²) in [7, 11) is 1.54. The number of amides is 1. The summed E-state index contributed by atoms with van der Waals surface area (Å²) in [5.41, 5.74) is 1.04. The third kappa shape index (κ3) is 5.08. The summed E-state index contributed by atoms with van der Waals surface area (Å²) < 4.78 is 30.1. The molecule has 33 heavy (non-hydrogen) atoms. The van der Waals surface area contributed by atoms with Crippen LogP contribution in [0.25, 0.3) is 10.9 Å². The van der Waals surface area contributed by atoms with Crippen LogP contribution in [0.2, 0.25) is 5.02 Å². The van der Waals surface area contributed by atoms with E-state index in [1.165, 1.54) is 36.6 Å². The van der Waals surface area contributed by atoms with Crippen LogP contribution in [0.15, 0.2) is 36.7 Å². The molecule has 11 heteroatoms. The van der Waals surface area contributed by atoms with Crippen LogP contribution in [-0.2, 0) is 9.53 Å². The lowest BCUT2D eigenvalue weighted by Crippen LogP contribution is -2.42. The first-order valence-electron chi connectivity index (χ1n) is 10.3. The zero-order chi connectivity index (χ0) is 23.4. The topological polar surface area (TPSA) is 103 Å². The number of halogens is 2. The zero-order valence-electron chi connectivity index (χ0n) is 18.0. The fourth-order valence-corrected chi connectivity index (χ4v) is 3.67. The smallest absolute Gasteiger partial charge is 0.248 e. The van der Waals surface area contributed by atoms with Gasteiger partial charge in [-0.05, 0) is 30.7 Å². The molecule has 1 aromatic heterocycles. The quantitative estimate of drug-likeness (QED) is 0.301. The number of carbonyl (C=O) groups is 1. The number of fused-ring (bicyclic) bond motifs is 1. The van der Waals surface area contributed by atoms with Crippen molar-refractivity contribution in [2.24, 2.45) is 5.84 Å². The van der Waals surface area contributed by atoms with E-state index in [4.69, 9.17) is 31.7 Å². The summed E-state index contributed by atoms with van der Waals surface area (Å²) in [5.74, 6) is 7.09. The molecule has 2 aromatic carbocycles. The van der Waals surface area contributed by atoms with Crippen LogP contribution in [0.4, 0.5) is 15.9 Å². The van der Waals surface area contributed by atoms with Gasteiger partial charge in [0.2, 0.25) is 5.91 Å². The molecular formula is C22H23ClFN5O4. The Hall–Kier alpha value is -3.21. The molecule has 0 unspecified atom stereocenters. The first-order chi connectivity index (χ1) is 16.0. The van der Waals surface area contributed by atoms with E-state index < -0.39 is 5.82 Å². The van der Waals surface area contributed by atoms with E-state index in [0.717, 1.165) is 0 Å². The highest BCUT2D eigenvalue weighted by molar-refractivity contribution is 6.31. The molecule has 0 saturated carbocycles. The van der Waals surface area contributed by atoms with E-state index in [2.05, 4.69) is 9.97 Å². The number of hydrogen-bond acceptors (Lipinski definition) is 8. The Morgan fingerprint density at radius 2 is 2.12 bits per heavy atom. The second-order valence-electron chi connectivity index (χ2n) is 7.32. The molecule has 2 heterocycles. The minimum atomic E-state index is -0.541. The molecular weight excluding hydrogens is 453 g/mol. The number of methoxy groups -OCH3 is 1. The summed E-state index contributed by atoms with van der Waals surface area (Å²) in [5, 5.41) is 1.86. The molecule has 0 spiro atoms. The van der Waals surface area contributed by atoms with Gasteiger partial charge in [0.1, 0.15) is 18.8 Å². The van der Waals surface area contributed by atoms with E-state index in [1.807, 2.05) is 0 Å². The summed E-state index contributed by atoms with van der Waals surface area (Å²) >= 11 is 5.91. The van der Waals surface area contributed by atoms with Gasteiger partial charge in [0, 0.05) is 24.5 Å². The van der Waals surface area contributed by atoms with Gasteiger partial charge in [0.25, 0.3) is 0 Å². The largest absolute Gasteiger partial charge is 0.493 e. The third-order valence-corrected chi connectivity index (χ3v) is 5.51. The molecule has 9 nitrogen and oxygen atoms in total. The molecule has 0 atom stereocenters. The van der Waals surface area contributed by atoms with Crippen LogP contribution >= 0.6 is 11.6 Å². The lowest BCUT2D eigenvalue weighted by molar-refractivity contribution is -0.142. The van der Waals surface area contributed by atoms with E-state index in [9.17, 15) is 9.18 Å². The number of carbonyl (C=O) groups excluding carboxylic acids is 1. The summed E-state index contributed by atoms with van der Waals surface area (Å²) in [4.78, 5) is 22.2. The predicted molar refractivity (Wildman–Crippen MR) is 121 cm³/mol. The van der Waals surface area contributed by atoms with Gasteiger partial charge in [-0.2, -0.15) is 0 Å². The maximum Gasteiger partial charge on any atom is 0.248 e. The van der Waals surface area contributed by atoms with Crippen LogP contribution in [0.5, 0.6) is 11.5 Å². The van der Waals surface area contributed by atoms with E-state index >= 15 is 0 Å². The highest BCUT2D eigenvalue weighted by Gasteiger charge is 2.19. The minimum Gasteiger partial charge on any atom is -0.493 e. The molecule has 1 saturated heterocycles. The lowest BCUT2D eigenvalue weighted by atomic mass is 10.2. The molecule has 1 aliphatic heterocycles. The number of hydrogen-bond donors (Lipinski definition) is 1. The van der Waals surface area contributed by atoms with Crippen molar-refractivity contribution in [3.8, 4) is 11.5 Å². The van der Waals surface area contributed by atoms with Crippen LogP contribution in [0.3, 0.4) is 0 Å². The standard InChI is InChI=1S/C22H23ClFN5O4/c1-31-19-11-18-15(10-20(19)33-7-2-5-28-6-8-32-12-21(28)30)22(27-13-26-18)29(25)14-3-4-17(24)16(23)9-14/h3-4,9-11,13H,2,5-8,12,25H2,1H3. The molecule has 0 aliphatic carbocycles. The highest BCUT2D eigenvalue weighted by Crippen LogP contribution is 2.36. The first-order valence-corrected chi connectivity index (χ1v) is 10.7. The van der Waals surface area contributed by atoms with Gasteiger partial charge in [0.15, 0.2) is 17.3 Å². The molecule has 0 radical (unpaired) electrons.